The topological polar surface area (TPSA) is 129 Å². The van der Waals surface area contributed by atoms with Gasteiger partial charge in [0.05, 0.1) is 20.3 Å². The second-order valence-corrected chi connectivity index (χ2v) is 8.51. The van der Waals surface area contributed by atoms with Crippen LogP contribution in [-0.2, 0) is 16.1 Å². The number of hydrogen-bond donors (Lipinski definition) is 2. The molecular formula is C23H28F2N4O6. The number of halogens is 2. The number of aromatic nitrogens is 1. The maximum atomic E-state index is 13.4. The number of oxazole rings is 1. The van der Waals surface area contributed by atoms with E-state index in [1.807, 2.05) is 0 Å². The summed E-state index contributed by atoms with van der Waals surface area (Å²) in [5.74, 6) is -0.447. The van der Waals surface area contributed by atoms with Gasteiger partial charge in [0.2, 0.25) is 5.89 Å². The Balaban J connectivity index is 1.63. The Morgan fingerprint density at radius 2 is 2.09 bits per heavy atom. The monoisotopic (exact) mass is 494 g/mol. The minimum Gasteiger partial charge on any atom is -0.489 e. The Hall–Kier alpha value is -3.25. The van der Waals surface area contributed by atoms with Crippen molar-refractivity contribution in [3.8, 4) is 23.0 Å². The number of methoxy groups -OCH3 is 1. The van der Waals surface area contributed by atoms with Gasteiger partial charge in [-0.05, 0) is 50.4 Å². The number of likely N-dealkylation sites (N-methyl/N-ethyl adjacent to an activating group) is 1. The molecule has 0 bridgehead atoms. The van der Waals surface area contributed by atoms with Crippen molar-refractivity contribution in [2.24, 2.45) is 11.7 Å². The Labute approximate surface area is 200 Å². The van der Waals surface area contributed by atoms with Gasteiger partial charge < -0.3 is 34.6 Å². The SMILES string of the molecule is CNC1CC(C(=O)OC)N(C(=O)c2nc(-c3ccc(OC(F)F)c(OCC4CC4)c3)oc2CN)C1. The quantitative estimate of drug-likeness (QED) is 0.477. The van der Waals surface area contributed by atoms with Crippen LogP contribution in [0.5, 0.6) is 11.5 Å². The number of carbonyl (C=O) groups is 2. The van der Waals surface area contributed by atoms with Crippen LogP contribution in [0.15, 0.2) is 22.6 Å². The smallest absolute Gasteiger partial charge is 0.387 e. The molecule has 2 aromatic rings. The van der Waals surface area contributed by atoms with E-state index >= 15 is 0 Å². The lowest BCUT2D eigenvalue weighted by Gasteiger charge is -2.21. The fraction of sp³-hybridized carbons (Fsp3) is 0.522. The van der Waals surface area contributed by atoms with Gasteiger partial charge in [-0.15, -0.1) is 0 Å². The first-order valence-corrected chi connectivity index (χ1v) is 11.3. The third kappa shape index (κ3) is 5.54. The van der Waals surface area contributed by atoms with Crippen LogP contribution in [0.3, 0.4) is 0 Å². The number of likely N-dealkylation sites (tertiary alicyclic amines) is 1. The van der Waals surface area contributed by atoms with Gasteiger partial charge in [-0.25, -0.2) is 9.78 Å². The van der Waals surface area contributed by atoms with Gasteiger partial charge in [-0.3, -0.25) is 4.79 Å². The standard InChI is InChI=1S/C23H28F2N4O6/c1-27-14-8-15(22(31)32-2)29(10-14)21(30)19-18(9-26)34-20(28-19)13-5-6-16(35-23(24)25)17(7-13)33-11-12-3-4-12/h5-7,12,14-15,23,27H,3-4,8-11,26H2,1-2H3. The summed E-state index contributed by atoms with van der Waals surface area (Å²) in [7, 11) is 3.01. The summed E-state index contributed by atoms with van der Waals surface area (Å²) in [4.78, 5) is 31.4. The Kier molecular flexibility index (Phi) is 7.51. The molecule has 1 saturated heterocycles. The van der Waals surface area contributed by atoms with E-state index in [9.17, 15) is 18.4 Å². The highest BCUT2D eigenvalue weighted by atomic mass is 19.3. The molecule has 1 aliphatic heterocycles. The van der Waals surface area contributed by atoms with Crippen LogP contribution in [0.4, 0.5) is 8.78 Å². The van der Waals surface area contributed by atoms with Gasteiger partial charge in [-0.2, -0.15) is 8.78 Å². The van der Waals surface area contributed by atoms with Crippen molar-refractivity contribution >= 4 is 11.9 Å². The van der Waals surface area contributed by atoms with Gasteiger partial charge in [-0.1, -0.05) is 0 Å². The lowest BCUT2D eigenvalue weighted by molar-refractivity contribution is -0.145. The van der Waals surface area contributed by atoms with Crippen LogP contribution in [0.1, 0.15) is 35.5 Å². The number of esters is 1. The van der Waals surface area contributed by atoms with Crippen LogP contribution in [-0.4, -0.2) is 67.8 Å². The van der Waals surface area contributed by atoms with Crippen molar-refractivity contribution in [2.75, 3.05) is 27.3 Å². The van der Waals surface area contributed by atoms with E-state index in [4.69, 9.17) is 19.6 Å². The molecule has 10 nitrogen and oxygen atoms in total. The third-order valence-electron chi connectivity index (χ3n) is 6.11. The molecule has 2 heterocycles. The van der Waals surface area contributed by atoms with E-state index in [1.54, 1.807) is 7.05 Å². The number of hydrogen-bond acceptors (Lipinski definition) is 9. The molecule has 2 atom stereocenters. The summed E-state index contributed by atoms with van der Waals surface area (Å²) in [5.41, 5.74) is 6.18. The lowest BCUT2D eigenvalue weighted by Crippen LogP contribution is -2.42. The first-order valence-electron chi connectivity index (χ1n) is 11.3. The molecule has 12 heteroatoms. The molecule has 2 aliphatic rings. The van der Waals surface area contributed by atoms with E-state index in [-0.39, 0.29) is 48.0 Å². The molecule has 1 amide bonds. The van der Waals surface area contributed by atoms with Crippen molar-refractivity contribution in [2.45, 2.75) is 44.5 Å². The summed E-state index contributed by atoms with van der Waals surface area (Å²) in [6.07, 6.45) is 2.44. The highest BCUT2D eigenvalue weighted by Crippen LogP contribution is 2.37. The Bertz CT molecular complexity index is 1070. The molecule has 190 valence electrons. The molecule has 3 N–H and O–H groups in total. The summed E-state index contributed by atoms with van der Waals surface area (Å²) < 4.78 is 46.6. The van der Waals surface area contributed by atoms with Crippen LogP contribution in [0, 0.1) is 5.92 Å². The molecule has 1 aromatic heterocycles. The predicted octanol–water partition coefficient (Wildman–Crippen LogP) is 2.17. The minimum absolute atomic E-state index is 0.0264. The molecule has 2 unspecified atom stereocenters. The first-order chi connectivity index (χ1) is 16.8. The molecule has 4 rings (SSSR count). The van der Waals surface area contributed by atoms with E-state index in [1.165, 1.54) is 30.2 Å². The largest absolute Gasteiger partial charge is 0.489 e. The summed E-state index contributed by atoms with van der Waals surface area (Å²) in [5, 5.41) is 3.07. The number of carbonyl (C=O) groups excluding carboxylic acids is 2. The number of rotatable bonds is 10. The average molecular weight is 494 g/mol. The minimum atomic E-state index is -3.01. The van der Waals surface area contributed by atoms with Crippen molar-refractivity contribution in [3.05, 3.63) is 29.7 Å². The number of nitrogens with zero attached hydrogens (tertiary/aromatic N) is 2. The maximum absolute atomic E-state index is 13.4. The fourth-order valence-electron chi connectivity index (χ4n) is 3.99. The number of nitrogens with two attached hydrogens (primary N) is 1. The van der Waals surface area contributed by atoms with Gasteiger partial charge in [0.25, 0.3) is 5.91 Å². The van der Waals surface area contributed by atoms with Crippen LogP contribution >= 0.6 is 0 Å². The molecule has 0 spiro atoms. The molecule has 1 aliphatic carbocycles. The van der Waals surface area contributed by atoms with Crippen molar-refractivity contribution in [1.29, 1.82) is 0 Å². The molecule has 2 fully saturated rings. The van der Waals surface area contributed by atoms with Gasteiger partial charge >= 0.3 is 12.6 Å². The molecule has 35 heavy (non-hydrogen) atoms. The Morgan fingerprint density at radius 1 is 1.31 bits per heavy atom. The molecular weight excluding hydrogens is 466 g/mol. The fourth-order valence-corrected chi connectivity index (χ4v) is 3.99. The normalized spacial score (nSPS) is 19.8. The highest BCUT2D eigenvalue weighted by molar-refractivity contribution is 5.97. The number of nitrogens with one attached hydrogen (secondary N) is 1. The van der Waals surface area contributed by atoms with E-state index in [0.717, 1.165) is 12.8 Å². The number of benzene rings is 1. The van der Waals surface area contributed by atoms with Crippen molar-refractivity contribution in [3.63, 3.8) is 0 Å². The predicted molar refractivity (Wildman–Crippen MR) is 119 cm³/mol. The lowest BCUT2D eigenvalue weighted by atomic mass is 10.1. The number of amides is 1. The van der Waals surface area contributed by atoms with Gasteiger partial charge in [0.15, 0.2) is 23.0 Å². The molecule has 1 saturated carbocycles. The summed E-state index contributed by atoms with van der Waals surface area (Å²) in [6, 6.07) is 3.42. The van der Waals surface area contributed by atoms with Gasteiger partial charge in [0.1, 0.15) is 6.04 Å². The zero-order valence-electron chi connectivity index (χ0n) is 19.5. The molecule has 1 aromatic carbocycles. The Morgan fingerprint density at radius 3 is 2.71 bits per heavy atom. The van der Waals surface area contributed by atoms with Crippen LogP contribution < -0.4 is 20.5 Å². The first kappa shape index (κ1) is 24.9. The maximum Gasteiger partial charge on any atom is 0.387 e. The number of alkyl halides is 2. The number of ether oxygens (including phenoxy) is 3. The zero-order chi connectivity index (χ0) is 25.1. The highest BCUT2D eigenvalue weighted by Gasteiger charge is 2.41. The van der Waals surface area contributed by atoms with E-state index in [0.29, 0.717) is 24.5 Å². The second kappa shape index (κ2) is 10.6. The van der Waals surface area contributed by atoms with E-state index in [2.05, 4.69) is 15.0 Å². The summed E-state index contributed by atoms with van der Waals surface area (Å²) >= 11 is 0. The summed E-state index contributed by atoms with van der Waals surface area (Å²) in [6.45, 7) is -2.47. The zero-order valence-corrected chi connectivity index (χ0v) is 19.5. The van der Waals surface area contributed by atoms with E-state index < -0.39 is 24.5 Å². The molecule has 0 radical (unpaired) electrons. The third-order valence-corrected chi connectivity index (χ3v) is 6.11. The van der Waals surface area contributed by atoms with Crippen molar-refractivity contribution in [1.82, 2.24) is 15.2 Å². The van der Waals surface area contributed by atoms with Crippen molar-refractivity contribution < 1.29 is 37.0 Å². The van der Waals surface area contributed by atoms with Crippen LogP contribution in [0.25, 0.3) is 11.5 Å². The average Bonchev–Trinajstić information content (AvgIpc) is 3.41. The second-order valence-electron chi connectivity index (χ2n) is 8.51. The van der Waals surface area contributed by atoms with Crippen LogP contribution in [0.2, 0.25) is 0 Å². The van der Waals surface area contributed by atoms with Gasteiger partial charge in [0, 0.05) is 18.2 Å².